The number of carbonyl (C=O) groups is 2. The molecule has 0 atom stereocenters. The molecule has 1 aromatic rings. The standard InChI is InChI=1S/C14H17FN2O3/c15-10-1-3-11(4-2-10)16-13(18)9-17(12-5-6-12)8-7-14(19)20/h1-4,12H,5-9H2,(H,16,18)(H,19,20). The summed E-state index contributed by atoms with van der Waals surface area (Å²) in [7, 11) is 0. The zero-order chi connectivity index (χ0) is 14.5. The van der Waals surface area contributed by atoms with Gasteiger partial charge in [0, 0.05) is 18.3 Å². The molecule has 0 heterocycles. The van der Waals surface area contributed by atoms with Gasteiger partial charge in [-0.3, -0.25) is 14.5 Å². The summed E-state index contributed by atoms with van der Waals surface area (Å²) < 4.78 is 12.7. The van der Waals surface area contributed by atoms with E-state index in [1.807, 2.05) is 4.90 Å². The Kier molecular flexibility index (Phi) is 4.68. The van der Waals surface area contributed by atoms with Crippen molar-refractivity contribution in [2.45, 2.75) is 25.3 Å². The van der Waals surface area contributed by atoms with E-state index in [-0.39, 0.29) is 24.7 Å². The van der Waals surface area contributed by atoms with Crippen LogP contribution in [-0.4, -0.2) is 41.0 Å². The van der Waals surface area contributed by atoms with Gasteiger partial charge in [0.1, 0.15) is 5.82 Å². The minimum Gasteiger partial charge on any atom is -0.481 e. The number of carboxylic acid groups (broad SMARTS) is 1. The molecule has 0 aromatic heterocycles. The molecule has 1 aromatic carbocycles. The van der Waals surface area contributed by atoms with Crippen molar-refractivity contribution < 1.29 is 19.1 Å². The number of halogens is 1. The highest BCUT2D eigenvalue weighted by Crippen LogP contribution is 2.26. The highest BCUT2D eigenvalue weighted by atomic mass is 19.1. The maximum atomic E-state index is 12.7. The minimum atomic E-state index is -0.866. The lowest BCUT2D eigenvalue weighted by Gasteiger charge is -2.20. The molecular formula is C14H17FN2O3. The molecule has 1 fully saturated rings. The zero-order valence-electron chi connectivity index (χ0n) is 11.0. The monoisotopic (exact) mass is 280 g/mol. The van der Waals surface area contributed by atoms with Gasteiger partial charge in [0.15, 0.2) is 0 Å². The number of benzene rings is 1. The molecule has 1 amide bonds. The number of hydrogen-bond acceptors (Lipinski definition) is 3. The summed E-state index contributed by atoms with van der Waals surface area (Å²) in [4.78, 5) is 24.4. The number of rotatable bonds is 7. The molecule has 0 saturated heterocycles. The van der Waals surface area contributed by atoms with E-state index in [0.29, 0.717) is 18.3 Å². The van der Waals surface area contributed by atoms with Crippen LogP contribution in [0.4, 0.5) is 10.1 Å². The first-order valence-electron chi connectivity index (χ1n) is 6.56. The van der Waals surface area contributed by atoms with E-state index < -0.39 is 5.97 Å². The topological polar surface area (TPSA) is 69.6 Å². The van der Waals surface area contributed by atoms with Crippen LogP contribution in [0.5, 0.6) is 0 Å². The van der Waals surface area contributed by atoms with Crippen molar-refractivity contribution in [3.8, 4) is 0 Å². The Hall–Kier alpha value is -1.95. The van der Waals surface area contributed by atoms with E-state index in [4.69, 9.17) is 5.11 Å². The van der Waals surface area contributed by atoms with Gasteiger partial charge >= 0.3 is 5.97 Å². The molecular weight excluding hydrogens is 263 g/mol. The van der Waals surface area contributed by atoms with Crippen LogP contribution in [0, 0.1) is 5.82 Å². The number of carboxylic acids is 1. The third kappa shape index (κ3) is 4.62. The van der Waals surface area contributed by atoms with Crippen LogP contribution in [0.2, 0.25) is 0 Å². The molecule has 1 saturated carbocycles. The molecule has 108 valence electrons. The highest BCUT2D eigenvalue weighted by Gasteiger charge is 2.30. The molecule has 0 aliphatic heterocycles. The summed E-state index contributed by atoms with van der Waals surface area (Å²) in [6, 6.07) is 5.85. The first-order chi connectivity index (χ1) is 9.54. The fraction of sp³-hybridized carbons (Fsp3) is 0.429. The Morgan fingerprint density at radius 1 is 1.30 bits per heavy atom. The van der Waals surface area contributed by atoms with Crippen molar-refractivity contribution in [1.29, 1.82) is 0 Å². The first-order valence-corrected chi connectivity index (χ1v) is 6.56. The van der Waals surface area contributed by atoms with Gasteiger partial charge < -0.3 is 10.4 Å². The van der Waals surface area contributed by atoms with E-state index >= 15 is 0 Å². The predicted molar refractivity (Wildman–Crippen MR) is 71.9 cm³/mol. The van der Waals surface area contributed by atoms with Gasteiger partial charge in [-0.1, -0.05) is 0 Å². The van der Waals surface area contributed by atoms with Crippen molar-refractivity contribution in [3.63, 3.8) is 0 Å². The Morgan fingerprint density at radius 2 is 1.95 bits per heavy atom. The van der Waals surface area contributed by atoms with Gasteiger partial charge in [0.2, 0.25) is 5.91 Å². The Labute approximate surface area is 116 Å². The smallest absolute Gasteiger partial charge is 0.304 e. The Morgan fingerprint density at radius 3 is 2.50 bits per heavy atom. The SMILES string of the molecule is O=C(O)CCN(CC(=O)Nc1ccc(F)cc1)C1CC1. The fourth-order valence-corrected chi connectivity index (χ4v) is 1.99. The lowest BCUT2D eigenvalue weighted by atomic mass is 10.3. The number of carbonyl (C=O) groups excluding carboxylic acids is 1. The number of nitrogens with one attached hydrogen (secondary N) is 1. The number of nitrogens with zero attached hydrogens (tertiary/aromatic N) is 1. The van der Waals surface area contributed by atoms with E-state index in [9.17, 15) is 14.0 Å². The van der Waals surface area contributed by atoms with Gasteiger partial charge in [0.05, 0.1) is 13.0 Å². The van der Waals surface area contributed by atoms with Crippen LogP contribution >= 0.6 is 0 Å². The molecule has 20 heavy (non-hydrogen) atoms. The molecule has 0 bridgehead atoms. The van der Waals surface area contributed by atoms with Crippen molar-refractivity contribution in [1.82, 2.24) is 4.90 Å². The van der Waals surface area contributed by atoms with Crippen molar-refractivity contribution in [2.75, 3.05) is 18.4 Å². The van der Waals surface area contributed by atoms with Gasteiger partial charge in [-0.05, 0) is 37.1 Å². The highest BCUT2D eigenvalue weighted by molar-refractivity contribution is 5.92. The van der Waals surface area contributed by atoms with Crippen LogP contribution in [0.3, 0.4) is 0 Å². The summed E-state index contributed by atoms with van der Waals surface area (Å²) in [5.74, 6) is -1.44. The summed E-state index contributed by atoms with van der Waals surface area (Å²) >= 11 is 0. The lowest BCUT2D eigenvalue weighted by molar-refractivity contribution is -0.137. The molecule has 0 unspecified atom stereocenters. The molecule has 2 rings (SSSR count). The number of aliphatic carboxylic acids is 1. The van der Waals surface area contributed by atoms with Gasteiger partial charge in [-0.15, -0.1) is 0 Å². The number of hydrogen-bond donors (Lipinski definition) is 2. The first kappa shape index (κ1) is 14.5. The molecule has 1 aliphatic rings. The van der Waals surface area contributed by atoms with Crippen LogP contribution in [0.25, 0.3) is 0 Å². The summed E-state index contributed by atoms with van der Waals surface area (Å²) in [5, 5.41) is 11.4. The summed E-state index contributed by atoms with van der Waals surface area (Å²) in [5.41, 5.74) is 0.533. The van der Waals surface area contributed by atoms with Crippen LogP contribution in [0.15, 0.2) is 24.3 Å². The average molecular weight is 280 g/mol. The summed E-state index contributed by atoms with van der Waals surface area (Å²) in [6.07, 6.45) is 2.03. The largest absolute Gasteiger partial charge is 0.481 e. The van der Waals surface area contributed by atoms with Crippen LogP contribution < -0.4 is 5.32 Å². The van der Waals surface area contributed by atoms with Crippen molar-refractivity contribution >= 4 is 17.6 Å². The van der Waals surface area contributed by atoms with Gasteiger partial charge in [-0.25, -0.2) is 4.39 Å². The Balaban J connectivity index is 1.84. The molecule has 1 aliphatic carbocycles. The lowest BCUT2D eigenvalue weighted by Crippen LogP contribution is -2.36. The average Bonchev–Trinajstić information content (AvgIpc) is 3.21. The van der Waals surface area contributed by atoms with Gasteiger partial charge in [0.25, 0.3) is 0 Å². The molecule has 5 nitrogen and oxygen atoms in total. The zero-order valence-corrected chi connectivity index (χ0v) is 11.0. The molecule has 0 radical (unpaired) electrons. The third-order valence-electron chi connectivity index (χ3n) is 3.15. The van der Waals surface area contributed by atoms with Gasteiger partial charge in [-0.2, -0.15) is 0 Å². The molecule has 6 heteroatoms. The second-order valence-electron chi connectivity index (χ2n) is 4.90. The second kappa shape index (κ2) is 6.47. The van der Waals surface area contributed by atoms with Crippen molar-refractivity contribution in [2.24, 2.45) is 0 Å². The van der Waals surface area contributed by atoms with Crippen LogP contribution in [0.1, 0.15) is 19.3 Å². The maximum Gasteiger partial charge on any atom is 0.304 e. The number of amides is 1. The quantitative estimate of drug-likeness (QED) is 0.797. The van der Waals surface area contributed by atoms with E-state index in [1.165, 1.54) is 24.3 Å². The van der Waals surface area contributed by atoms with E-state index in [0.717, 1.165) is 12.8 Å². The number of anilines is 1. The fourth-order valence-electron chi connectivity index (χ4n) is 1.99. The second-order valence-corrected chi connectivity index (χ2v) is 4.90. The van der Waals surface area contributed by atoms with Crippen molar-refractivity contribution in [3.05, 3.63) is 30.1 Å². The third-order valence-corrected chi connectivity index (χ3v) is 3.15. The molecule has 0 spiro atoms. The van der Waals surface area contributed by atoms with Crippen LogP contribution in [-0.2, 0) is 9.59 Å². The maximum absolute atomic E-state index is 12.7. The van der Waals surface area contributed by atoms with E-state index in [2.05, 4.69) is 5.32 Å². The van der Waals surface area contributed by atoms with E-state index in [1.54, 1.807) is 0 Å². The normalized spacial score (nSPS) is 14.3. The summed E-state index contributed by atoms with van der Waals surface area (Å²) in [6.45, 7) is 0.534. The predicted octanol–water partition coefficient (Wildman–Crippen LogP) is 1.70. The Bertz CT molecular complexity index is 486. The molecule has 2 N–H and O–H groups in total. The minimum absolute atomic E-state index is 0.0281.